The van der Waals surface area contributed by atoms with Gasteiger partial charge in [0.25, 0.3) is 0 Å². The van der Waals surface area contributed by atoms with Crippen molar-refractivity contribution in [1.82, 2.24) is 0 Å². The summed E-state index contributed by atoms with van der Waals surface area (Å²) in [6.45, 7) is 0. The normalized spacial score (nSPS) is 10.1. The Morgan fingerprint density at radius 2 is 1.53 bits per heavy atom. The monoisotopic (exact) mass is 220 g/mol. The lowest BCUT2D eigenvalue weighted by Crippen LogP contribution is -1.96. The molecule has 0 aliphatic rings. The molecular formula is C15H12N2. The standard InChI is InChI=1S/C15H12N2/c16-9-7-13(8-10-17)15-6-5-12-3-1-2-4-14(12)11-15/h1-6,11,13H,7-8H2. The Labute approximate surface area is 101 Å². The SMILES string of the molecule is N#CCC(CC#N)c1ccc2ccccc2c1. The fraction of sp³-hybridized carbons (Fsp3) is 0.200. The van der Waals surface area contributed by atoms with Crippen molar-refractivity contribution < 1.29 is 0 Å². The molecule has 0 saturated carbocycles. The lowest BCUT2D eigenvalue weighted by molar-refractivity contribution is 0.727. The molecule has 2 rings (SSSR count). The summed E-state index contributed by atoms with van der Waals surface area (Å²) in [6.07, 6.45) is 0.789. The van der Waals surface area contributed by atoms with E-state index in [4.69, 9.17) is 10.5 Å². The number of hydrogen-bond acceptors (Lipinski definition) is 2. The predicted molar refractivity (Wildman–Crippen MR) is 67.1 cm³/mol. The van der Waals surface area contributed by atoms with Gasteiger partial charge >= 0.3 is 0 Å². The van der Waals surface area contributed by atoms with Crippen molar-refractivity contribution in [1.29, 1.82) is 10.5 Å². The molecule has 2 aromatic rings. The first-order valence-corrected chi connectivity index (χ1v) is 5.57. The molecule has 2 nitrogen and oxygen atoms in total. The van der Waals surface area contributed by atoms with Crippen LogP contribution in [0.4, 0.5) is 0 Å². The van der Waals surface area contributed by atoms with E-state index in [1.807, 2.05) is 24.3 Å². The van der Waals surface area contributed by atoms with Gasteiger partial charge in [0.2, 0.25) is 0 Å². The first-order valence-electron chi connectivity index (χ1n) is 5.57. The predicted octanol–water partition coefficient (Wildman–Crippen LogP) is 3.75. The van der Waals surface area contributed by atoms with Crippen LogP contribution in [0, 0.1) is 22.7 Å². The lowest BCUT2D eigenvalue weighted by Gasteiger charge is -2.11. The molecule has 0 aliphatic heterocycles. The van der Waals surface area contributed by atoms with Gasteiger partial charge in [-0.15, -0.1) is 0 Å². The Morgan fingerprint density at radius 1 is 0.882 bits per heavy atom. The number of fused-ring (bicyclic) bond motifs is 1. The van der Waals surface area contributed by atoms with Crippen molar-refractivity contribution in [3.8, 4) is 12.1 Å². The van der Waals surface area contributed by atoms with E-state index in [1.54, 1.807) is 0 Å². The minimum Gasteiger partial charge on any atom is -0.198 e. The highest BCUT2D eigenvalue weighted by molar-refractivity contribution is 5.83. The van der Waals surface area contributed by atoms with E-state index in [9.17, 15) is 0 Å². The number of hydrogen-bond donors (Lipinski definition) is 0. The van der Waals surface area contributed by atoms with E-state index < -0.39 is 0 Å². The topological polar surface area (TPSA) is 47.6 Å². The van der Waals surface area contributed by atoms with Crippen LogP contribution in [-0.4, -0.2) is 0 Å². The second-order valence-electron chi connectivity index (χ2n) is 4.03. The molecule has 0 aliphatic carbocycles. The van der Waals surface area contributed by atoms with Crippen molar-refractivity contribution in [2.75, 3.05) is 0 Å². The molecule has 0 atom stereocenters. The van der Waals surface area contributed by atoms with Crippen LogP contribution in [0.3, 0.4) is 0 Å². The fourth-order valence-corrected chi connectivity index (χ4v) is 1.99. The Balaban J connectivity index is 2.41. The van der Waals surface area contributed by atoms with Gasteiger partial charge in [-0.25, -0.2) is 0 Å². The summed E-state index contributed by atoms with van der Waals surface area (Å²) < 4.78 is 0. The number of rotatable bonds is 3. The van der Waals surface area contributed by atoms with Crippen molar-refractivity contribution >= 4 is 10.8 Å². The fourth-order valence-electron chi connectivity index (χ4n) is 1.99. The summed E-state index contributed by atoms with van der Waals surface area (Å²) >= 11 is 0. The smallest absolute Gasteiger partial charge is 0.0628 e. The molecule has 0 fully saturated rings. The summed E-state index contributed by atoms with van der Waals surface area (Å²) in [6, 6.07) is 18.5. The molecule has 0 spiro atoms. The molecule has 0 unspecified atom stereocenters. The maximum Gasteiger partial charge on any atom is 0.0628 e. The number of nitriles is 2. The van der Waals surface area contributed by atoms with Gasteiger partial charge in [0.1, 0.15) is 0 Å². The van der Waals surface area contributed by atoms with E-state index in [2.05, 4.69) is 30.3 Å². The van der Waals surface area contributed by atoms with E-state index in [1.165, 1.54) is 5.39 Å². The van der Waals surface area contributed by atoms with E-state index in [0.29, 0.717) is 12.8 Å². The van der Waals surface area contributed by atoms with Crippen LogP contribution in [-0.2, 0) is 0 Å². The lowest BCUT2D eigenvalue weighted by atomic mass is 9.92. The van der Waals surface area contributed by atoms with Crippen LogP contribution in [0.25, 0.3) is 10.8 Å². The summed E-state index contributed by atoms with van der Waals surface area (Å²) in [7, 11) is 0. The van der Waals surface area contributed by atoms with Gasteiger partial charge in [0, 0.05) is 18.8 Å². The second-order valence-corrected chi connectivity index (χ2v) is 4.03. The van der Waals surface area contributed by atoms with Crippen LogP contribution in [0.1, 0.15) is 24.3 Å². The molecule has 17 heavy (non-hydrogen) atoms. The van der Waals surface area contributed by atoms with Gasteiger partial charge in [-0.05, 0) is 16.3 Å². The third-order valence-corrected chi connectivity index (χ3v) is 2.92. The van der Waals surface area contributed by atoms with Crippen molar-refractivity contribution in [2.24, 2.45) is 0 Å². The zero-order chi connectivity index (χ0) is 12.1. The number of nitrogens with zero attached hydrogens (tertiary/aromatic N) is 2. The van der Waals surface area contributed by atoms with Crippen LogP contribution < -0.4 is 0 Å². The summed E-state index contributed by atoms with van der Waals surface area (Å²) in [4.78, 5) is 0. The van der Waals surface area contributed by atoms with Gasteiger partial charge in [-0.3, -0.25) is 0 Å². The highest BCUT2D eigenvalue weighted by Crippen LogP contribution is 2.26. The minimum absolute atomic E-state index is 0.0228. The first kappa shape index (κ1) is 11.2. The zero-order valence-corrected chi connectivity index (χ0v) is 9.43. The Hall–Kier alpha value is -2.32. The summed E-state index contributed by atoms with van der Waals surface area (Å²) in [5.41, 5.74) is 1.08. The van der Waals surface area contributed by atoms with E-state index in [0.717, 1.165) is 10.9 Å². The molecule has 0 amide bonds. The maximum absolute atomic E-state index is 8.78. The molecule has 0 aromatic heterocycles. The van der Waals surface area contributed by atoms with Gasteiger partial charge in [0.05, 0.1) is 12.1 Å². The summed E-state index contributed by atoms with van der Waals surface area (Å²) in [5, 5.41) is 19.9. The molecule has 0 heterocycles. The minimum atomic E-state index is 0.0228. The highest BCUT2D eigenvalue weighted by Gasteiger charge is 2.11. The second kappa shape index (κ2) is 5.14. The molecule has 0 N–H and O–H groups in total. The van der Waals surface area contributed by atoms with E-state index >= 15 is 0 Å². The van der Waals surface area contributed by atoms with Gasteiger partial charge in [-0.1, -0.05) is 42.5 Å². The summed E-state index contributed by atoms with van der Waals surface area (Å²) in [5.74, 6) is 0.0228. The van der Waals surface area contributed by atoms with Crippen molar-refractivity contribution in [3.05, 3.63) is 48.0 Å². The molecular weight excluding hydrogens is 208 g/mol. The Morgan fingerprint density at radius 3 is 2.18 bits per heavy atom. The maximum atomic E-state index is 8.78. The van der Waals surface area contributed by atoms with Crippen LogP contribution in [0.2, 0.25) is 0 Å². The van der Waals surface area contributed by atoms with Crippen LogP contribution in [0.5, 0.6) is 0 Å². The molecule has 0 bridgehead atoms. The first-order chi connectivity index (χ1) is 8.35. The van der Waals surface area contributed by atoms with Gasteiger partial charge < -0.3 is 0 Å². The van der Waals surface area contributed by atoms with Crippen LogP contribution >= 0.6 is 0 Å². The van der Waals surface area contributed by atoms with Gasteiger partial charge in [0.15, 0.2) is 0 Å². The van der Waals surface area contributed by atoms with Crippen molar-refractivity contribution in [3.63, 3.8) is 0 Å². The molecule has 0 radical (unpaired) electrons. The number of benzene rings is 2. The average molecular weight is 220 g/mol. The zero-order valence-electron chi connectivity index (χ0n) is 9.43. The van der Waals surface area contributed by atoms with Crippen molar-refractivity contribution in [2.45, 2.75) is 18.8 Å². The van der Waals surface area contributed by atoms with Gasteiger partial charge in [-0.2, -0.15) is 10.5 Å². The molecule has 2 heteroatoms. The van der Waals surface area contributed by atoms with Crippen LogP contribution in [0.15, 0.2) is 42.5 Å². The molecule has 0 saturated heterocycles. The average Bonchev–Trinajstić information content (AvgIpc) is 2.38. The third kappa shape index (κ3) is 2.44. The van der Waals surface area contributed by atoms with E-state index in [-0.39, 0.29) is 5.92 Å². The quantitative estimate of drug-likeness (QED) is 0.790. The Kier molecular flexibility index (Phi) is 3.38. The third-order valence-electron chi connectivity index (χ3n) is 2.92. The Bertz CT molecular complexity index is 586. The highest BCUT2D eigenvalue weighted by atomic mass is 14.3. The molecule has 82 valence electrons. The molecule has 2 aromatic carbocycles. The largest absolute Gasteiger partial charge is 0.198 e.